The first-order valence-corrected chi connectivity index (χ1v) is 6.16. The van der Waals surface area contributed by atoms with Crippen molar-refractivity contribution < 1.29 is 9.48 Å². The largest absolute Gasteiger partial charge is 0.287 e. The fourth-order valence-corrected chi connectivity index (χ4v) is 2.06. The first kappa shape index (κ1) is 11.5. The molecule has 3 rings (SSSR count). The molecule has 3 aromatic rings. The number of hydrogen-bond acceptors (Lipinski definition) is 2. The molecule has 1 aromatic heterocycles. The van der Waals surface area contributed by atoms with Gasteiger partial charge in [0.25, 0.3) is 0 Å². The van der Waals surface area contributed by atoms with Gasteiger partial charge in [-0.15, -0.1) is 0 Å². The summed E-state index contributed by atoms with van der Waals surface area (Å²) in [6, 6.07) is 17.5. The number of hydrogen-bond donors (Lipinski definition) is 0. The zero-order valence-electron chi connectivity index (χ0n) is 10.4. The van der Waals surface area contributed by atoms with E-state index < -0.39 is 0 Å². The maximum atomic E-state index is 12.2. The zero-order valence-corrected chi connectivity index (χ0v) is 10.4. The zero-order chi connectivity index (χ0) is 13.1. The van der Waals surface area contributed by atoms with Gasteiger partial charge in [-0.1, -0.05) is 41.1 Å². The molecule has 2 aromatic carbocycles. The van der Waals surface area contributed by atoms with Crippen molar-refractivity contribution in [2.24, 2.45) is 0 Å². The Balaban J connectivity index is 1.89. The van der Waals surface area contributed by atoms with E-state index in [2.05, 4.69) is 5.10 Å². The van der Waals surface area contributed by atoms with Gasteiger partial charge in [0.15, 0.2) is 6.20 Å². The lowest BCUT2D eigenvalue weighted by Gasteiger charge is -2.00. The smallest absolute Gasteiger partial charge is 0.236 e. The second kappa shape index (κ2) is 4.98. The molecule has 92 valence electrons. The molecule has 3 nitrogen and oxygen atoms in total. The van der Waals surface area contributed by atoms with Crippen molar-refractivity contribution in [2.45, 2.75) is 6.54 Å². The summed E-state index contributed by atoms with van der Waals surface area (Å²) in [4.78, 5) is 12.2. The number of ketones is 1. The van der Waals surface area contributed by atoms with Crippen LogP contribution in [0.25, 0.3) is 10.8 Å². The molecule has 1 heterocycles. The van der Waals surface area contributed by atoms with E-state index >= 15 is 0 Å². The van der Waals surface area contributed by atoms with E-state index in [1.165, 1.54) is 0 Å². The van der Waals surface area contributed by atoms with Crippen molar-refractivity contribution in [3.8, 4) is 0 Å². The van der Waals surface area contributed by atoms with Crippen molar-refractivity contribution in [1.82, 2.24) is 5.10 Å². The van der Waals surface area contributed by atoms with E-state index in [0.717, 1.165) is 16.3 Å². The summed E-state index contributed by atoms with van der Waals surface area (Å²) in [7, 11) is 0. The molecule has 0 saturated heterocycles. The number of rotatable bonds is 3. The number of benzene rings is 2. The van der Waals surface area contributed by atoms with Crippen LogP contribution in [-0.4, -0.2) is 10.9 Å². The lowest BCUT2D eigenvalue weighted by atomic mass is 10.0. The maximum absolute atomic E-state index is 12.2. The molecule has 0 N–H and O–H groups in total. The van der Waals surface area contributed by atoms with Crippen LogP contribution in [-0.2, 0) is 6.54 Å². The molecule has 0 saturated carbocycles. The first-order valence-electron chi connectivity index (χ1n) is 6.16. The van der Waals surface area contributed by atoms with Gasteiger partial charge < -0.3 is 0 Å². The number of nitrogens with zero attached hydrogens (tertiary/aromatic N) is 2. The molecule has 0 fully saturated rings. The van der Waals surface area contributed by atoms with Gasteiger partial charge in [0.05, 0.1) is 6.20 Å². The average molecular weight is 249 g/mol. The minimum absolute atomic E-state index is 0.0643. The van der Waals surface area contributed by atoms with Crippen LogP contribution in [0.2, 0.25) is 0 Å². The van der Waals surface area contributed by atoms with Gasteiger partial charge in [0.2, 0.25) is 12.3 Å². The number of carbonyl (C=O) groups is 1. The quantitative estimate of drug-likeness (QED) is 0.527. The standard InChI is InChI=1S/C16H13N2O/c19-16(12-18-10-4-3-9-17-18)15-8-7-13-5-1-2-6-14(13)11-15/h1-11H,12H2/q+1. The Hall–Kier alpha value is -2.55. The normalized spacial score (nSPS) is 10.5. The number of aromatic nitrogens is 2. The van der Waals surface area contributed by atoms with Gasteiger partial charge in [-0.2, -0.15) is 0 Å². The molecule has 0 amide bonds. The van der Waals surface area contributed by atoms with Gasteiger partial charge >= 0.3 is 0 Å². The molecular weight excluding hydrogens is 236 g/mol. The van der Waals surface area contributed by atoms with Crippen molar-refractivity contribution in [2.75, 3.05) is 0 Å². The second-order valence-corrected chi connectivity index (χ2v) is 4.38. The molecule has 0 radical (unpaired) electrons. The Kier molecular flexibility index (Phi) is 3.02. The van der Waals surface area contributed by atoms with Crippen LogP contribution in [0.4, 0.5) is 0 Å². The average Bonchev–Trinajstić information content (AvgIpc) is 2.48. The van der Waals surface area contributed by atoms with Gasteiger partial charge in [-0.3, -0.25) is 4.79 Å². The van der Waals surface area contributed by atoms with Crippen LogP contribution in [0.1, 0.15) is 10.4 Å². The summed E-state index contributed by atoms with van der Waals surface area (Å²) in [5.41, 5.74) is 0.719. The second-order valence-electron chi connectivity index (χ2n) is 4.38. The Morgan fingerprint density at radius 1 is 1.00 bits per heavy atom. The third-order valence-electron chi connectivity index (χ3n) is 3.05. The molecule has 3 heteroatoms. The lowest BCUT2D eigenvalue weighted by Crippen LogP contribution is -2.40. The van der Waals surface area contributed by atoms with Crippen molar-refractivity contribution in [1.29, 1.82) is 0 Å². The Morgan fingerprint density at radius 3 is 2.63 bits per heavy atom. The fraction of sp³-hybridized carbons (Fsp3) is 0.0625. The third-order valence-corrected chi connectivity index (χ3v) is 3.05. The highest BCUT2D eigenvalue weighted by atomic mass is 16.1. The predicted molar refractivity (Wildman–Crippen MR) is 72.7 cm³/mol. The van der Waals surface area contributed by atoms with E-state index in [1.807, 2.05) is 54.6 Å². The van der Waals surface area contributed by atoms with Crippen molar-refractivity contribution in [3.63, 3.8) is 0 Å². The van der Waals surface area contributed by atoms with E-state index in [9.17, 15) is 4.79 Å². The maximum Gasteiger partial charge on any atom is 0.236 e. The molecule has 19 heavy (non-hydrogen) atoms. The van der Waals surface area contributed by atoms with E-state index in [-0.39, 0.29) is 12.3 Å². The predicted octanol–water partition coefficient (Wildman–Crippen LogP) is 2.41. The van der Waals surface area contributed by atoms with Crippen LogP contribution in [0.15, 0.2) is 67.0 Å². The van der Waals surface area contributed by atoms with Gasteiger partial charge in [-0.25, -0.2) is 0 Å². The molecule has 0 spiro atoms. The lowest BCUT2D eigenvalue weighted by molar-refractivity contribution is -0.741. The van der Waals surface area contributed by atoms with Crippen molar-refractivity contribution in [3.05, 3.63) is 72.6 Å². The summed E-state index contributed by atoms with van der Waals surface area (Å²) in [6.07, 6.45) is 3.46. The number of Topliss-reactive ketones (excluding diaryl/α,β-unsaturated/α-hetero) is 1. The molecule has 0 aliphatic rings. The SMILES string of the molecule is O=C(C[n+]1ccccn1)c1ccc2ccccc2c1. The minimum Gasteiger partial charge on any atom is -0.287 e. The summed E-state index contributed by atoms with van der Waals surface area (Å²) < 4.78 is 1.64. The first-order chi connectivity index (χ1) is 9.33. The summed E-state index contributed by atoms with van der Waals surface area (Å²) in [5, 5.41) is 6.33. The van der Waals surface area contributed by atoms with Gasteiger partial charge in [-0.05, 0) is 28.0 Å². The summed E-state index contributed by atoms with van der Waals surface area (Å²) in [6.45, 7) is 0.263. The highest BCUT2D eigenvalue weighted by Gasteiger charge is 2.13. The molecule has 0 aliphatic carbocycles. The number of carbonyl (C=O) groups excluding carboxylic acids is 1. The van der Waals surface area contributed by atoms with Gasteiger partial charge in [0.1, 0.15) is 0 Å². The van der Waals surface area contributed by atoms with E-state index in [4.69, 9.17) is 0 Å². The fourth-order valence-electron chi connectivity index (χ4n) is 2.06. The van der Waals surface area contributed by atoms with Gasteiger partial charge in [0, 0.05) is 11.6 Å². The molecule has 0 unspecified atom stereocenters. The van der Waals surface area contributed by atoms with Crippen LogP contribution in [0.3, 0.4) is 0 Å². The van der Waals surface area contributed by atoms with E-state index in [1.54, 1.807) is 17.1 Å². The Bertz CT molecular complexity index is 723. The monoisotopic (exact) mass is 249 g/mol. The van der Waals surface area contributed by atoms with Crippen LogP contribution < -0.4 is 4.68 Å². The number of fused-ring (bicyclic) bond motifs is 1. The Labute approximate surface area is 111 Å². The summed E-state index contributed by atoms with van der Waals surface area (Å²) in [5.74, 6) is 0.0643. The molecular formula is C16H13N2O+. The van der Waals surface area contributed by atoms with Crippen LogP contribution in [0.5, 0.6) is 0 Å². The molecule has 0 bridgehead atoms. The molecule has 0 aliphatic heterocycles. The topological polar surface area (TPSA) is 33.8 Å². The highest BCUT2D eigenvalue weighted by Crippen LogP contribution is 2.15. The summed E-state index contributed by atoms with van der Waals surface area (Å²) >= 11 is 0. The van der Waals surface area contributed by atoms with Crippen molar-refractivity contribution >= 4 is 16.6 Å². The van der Waals surface area contributed by atoms with Crippen LogP contribution >= 0.6 is 0 Å². The Morgan fingerprint density at radius 2 is 1.84 bits per heavy atom. The minimum atomic E-state index is 0.0643. The van der Waals surface area contributed by atoms with E-state index in [0.29, 0.717) is 0 Å². The highest BCUT2D eigenvalue weighted by molar-refractivity contribution is 5.99. The third kappa shape index (κ3) is 2.50. The van der Waals surface area contributed by atoms with Crippen LogP contribution in [0, 0.1) is 0 Å². The molecule has 0 atom stereocenters.